The Morgan fingerprint density at radius 3 is 2.52 bits per heavy atom. The topological polar surface area (TPSA) is 38.8 Å². The van der Waals surface area contributed by atoms with Crippen LogP contribution in [0, 0.1) is 0 Å². The van der Waals surface area contributed by atoms with Gasteiger partial charge in [0.2, 0.25) is 5.91 Å². The van der Waals surface area contributed by atoms with E-state index >= 15 is 0 Å². The maximum atomic E-state index is 13.7. The molecule has 4 heteroatoms. The first kappa shape index (κ1) is 17.0. The predicted molar refractivity (Wildman–Crippen MR) is 103 cm³/mol. The molecule has 2 aliphatic heterocycles. The molecule has 5 rings (SSSR count). The van der Waals surface area contributed by atoms with Crippen LogP contribution >= 0.6 is 0 Å². The number of nitrogens with zero attached hydrogens (tertiary/aromatic N) is 1. The second kappa shape index (κ2) is 5.91. The molecule has 0 unspecified atom stereocenters. The largest absolute Gasteiger partial charge is 0.345 e. The number of hydrogen-bond donors (Lipinski definition) is 0. The van der Waals surface area contributed by atoms with E-state index in [4.69, 9.17) is 9.47 Å². The van der Waals surface area contributed by atoms with Crippen molar-refractivity contribution in [2.45, 2.75) is 63.1 Å². The molecule has 4 nitrogen and oxygen atoms in total. The summed E-state index contributed by atoms with van der Waals surface area (Å²) in [6.45, 7) is 4.53. The highest BCUT2D eigenvalue weighted by molar-refractivity contribution is 6.08. The van der Waals surface area contributed by atoms with Crippen LogP contribution in [0.15, 0.2) is 54.6 Å². The average molecular weight is 363 g/mol. The third-order valence-electron chi connectivity index (χ3n) is 6.24. The lowest BCUT2D eigenvalue weighted by molar-refractivity contribution is -0.146. The molecule has 0 bridgehead atoms. The number of hydrogen-bond acceptors (Lipinski definition) is 3. The standard InChI is InChI=1S/C23H25NO3/c1-22(2)26-19-12-13-23(14-20(19)27-22)17-10-6-7-11-18(17)24(21(23)25)15-16-8-4-3-5-9-16/h3-11,19-20H,12-15H2,1-2H3/t19-,20-,23+/m1/s1. The highest BCUT2D eigenvalue weighted by atomic mass is 16.7. The van der Waals surface area contributed by atoms with Gasteiger partial charge in [0.25, 0.3) is 0 Å². The van der Waals surface area contributed by atoms with Gasteiger partial charge in [-0.05, 0) is 50.3 Å². The minimum absolute atomic E-state index is 0.0255. The van der Waals surface area contributed by atoms with Crippen LogP contribution in [0.25, 0.3) is 0 Å². The van der Waals surface area contributed by atoms with E-state index in [1.807, 2.05) is 49.1 Å². The third kappa shape index (κ3) is 2.62. The molecule has 3 aliphatic rings. The number of carbonyl (C=O) groups is 1. The lowest BCUT2D eigenvalue weighted by Gasteiger charge is -2.37. The third-order valence-corrected chi connectivity index (χ3v) is 6.24. The molecule has 2 aromatic rings. The highest BCUT2D eigenvalue weighted by Crippen LogP contribution is 2.53. The Morgan fingerprint density at radius 1 is 1.00 bits per heavy atom. The van der Waals surface area contributed by atoms with Gasteiger partial charge in [0.05, 0.1) is 24.2 Å². The Labute approximate surface area is 160 Å². The average Bonchev–Trinajstić information content (AvgIpc) is 3.09. The van der Waals surface area contributed by atoms with Gasteiger partial charge in [0.1, 0.15) is 0 Å². The Hall–Kier alpha value is -2.17. The molecular formula is C23H25NO3. The Bertz CT molecular complexity index is 878. The van der Waals surface area contributed by atoms with Gasteiger partial charge in [-0.3, -0.25) is 4.79 Å². The number of rotatable bonds is 2. The first-order chi connectivity index (χ1) is 13.0. The fourth-order valence-electron chi connectivity index (χ4n) is 5.12. The van der Waals surface area contributed by atoms with E-state index < -0.39 is 11.2 Å². The van der Waals surface area contributed by atoms with Crippen LogP contribution in [0.4, 0.5) is 5.69 Å². The van der Waals surface area contributed by atoms with E-state index in [2.05, 4.69) is 24.3 Å². The van der Waals surface area contributed by atoms with Gasteiger partial charge in [0, 0.05) is 5.69 Å². The summed E-state index contributed by atoms with van der Waals surface area (Å²) < 4.78 is 12.2. The van der Waals surface area contributed by atoms with E-state index in [0.717, 1.165) is 29.7 Å². The van der Waals surface area contributed by atoms with Crippen molar-refractivity contribution >= 4 is 11.6 Å². The summed E-state index contributed by atoms with van der Waals surface area (Å²) in [6.07, 6.45) is 2.43. The summed E-state index contributed by atoms with van der Waals surface area (Å²) in [5.74, 6) is -0.356. The SMILES string of the molecule is CC1(C)O[C@@H]2CC[C@@]3(C[C@H]2O1)C(=O)N(Cc1ccccc1)c1ccccc13. The smallest absolute Gasteiger partial charge is 0.238 e. The van der Waals surface area contributed by atoms with Crippen molar-refractivity contribution in [2.24, 2.45) is 0 Å². The van der Waals surface area contributed by atoms with Crippen molar-refractivity contribution in [2.75, 3.05) is 4.90 Å². The Balaban J connectivity index is 1.52. The molecular weight excluding hydrogens is 338 g/mol. The van der Waals surface area contributed by atoms with E-state index in [0.29, 0.717) is 13.0 Å². The number of fused-ring (bicyclic) bond motifs is 3. The fourth-order valence-corrected chi connectivity index (χ4v) is 5.12. The molecule has 2 fully saturated rings. The molecule has 1 saturated carbocycles. The number of carbonyl (C=O) groups excluding carboxylic acids is 1. The van der Waals surface area contributed by atoms with Crippen molar-refractivity contribution in [3.63, 3.8) is 0 Å². The van der Waals surface area contributed by atoms with Crippen molar-refractivity contribution in [1.29, 1.82) is 0 Å². The molecule has 0 aromatic heterocycles. The molecule has 3 atom stereocenters. The van der Waals surface area contributed by atoms with Gasteiger partial charge in [-0.25, -0.2) is 0 Å². The molecule has 27 heavy (non-hydrogen) atoms. The number of para-hydroxylation sites is 1. The number of ether oxygens (including phenoxy) is 2. The van der Waals surface area contributed by atoms with Crippen LogP contribution in [0.1, 0.15) is 44.2 Å². The first-order valence-electron chi connectivity index (χ1n) is 9.80. The van der Waals surface area contributed by atoms with Crippen LogP contribution in [-0.4, -0.2) is 23.9 Å². The number of anilines is 1. The van der Waals surface area contributed by atoms with Gasteiger partial charge in [-0.15, -0.1) is 0 Å². The molecule has 2 heterocycles. The van der Waals surface area contributed by atoms with Gasteiger partial charge in [0.15, 0.2) is 5.79 Å². The van der Waals surface area contributed by atoms with Crippen LogP contribution < -0.4 is 4.90 Å². The summed E-state index contributed by atoms with van der Waals surface area (Å²) in [5, 5.41) is 0. The van der Waals surface area contributed by atoms with Crippen molar-refractivity contribution < 1.29 is 14.3 Å². The van der Waals surface area contributed by atoms with E-state index in [-0.39, 0.29) is 18.1 Å². The minimum atomic E-state index is -0.564. The second-order valence-electron chi connectivity index (χ2n) is 8.43. The maximum absolute atomic E-state index is 13.7. The lowest BCUT2D eigenvalue weighted by atomic mass is 9.68. The summed E-state index contributed by atoms with van der Waals surface area (Å²) in [5.41, 5.74) is 2.85. The summed E-state index contributed by atoms with van der Waals surface area (Å²) >= 11 is 0. The van der Waals surface area contributed by atoms with Crippen molar-refractivity contribution in [3.05, 3.63) is 65.7 Å². The molecule has 0 N–H and O–H groups in total. The lowest BCUT2D eigenvalue weighted by Crippen LogP contribution is -2.48. The van der Waals surface area contributed by atoms with Crippen LogP contribution in [0.5, 0.6) is 0 Å². The maximum Gasteiger partial charge on any atom is 0.238 e. The van der Waals surface area contributed by atoms with Gasteiger partial charge in [-0.1, -0.05) is 48.5 Å². The summed E-state index contributed by atoms with van der Waals surface area (Å²) in [6, 6.07) is 18.5. The molecule has 0 radical (unpaired) electrons. The molecule has 140 valence electrons. The molecule has 1 aliphatic carbocycles. The zero-order chi connectivity index (χ0) is 18.6. The molecule has 2 aromatic carbocycles. The van der Waals surface area contributed by atoms with Crippen molar-refractivity contribution in [1.82, 2.24) is 0 Å². The van der Waals surface area contributed by atoms with Gasteiger partial charge in [-0.2, -0.15) is 0 Å². The second-order valence-corrected chi connectivity index (χ2v) is 8.43. The molecule has 1 amide bonds. The fraction of sp³-hybridized carbons (Fsp3) is 0.435. The van der Waals surface area contributed by atoms with Gasteiger partial charge >= 0.3 is 0 Å². The highest BCUT2D eigenvalue weighted by Gasteiger charge is 2.57. The minimum Gasteiger partial charge on any atom is -0.345 e. The molecule has 1 spiro atoms. The monoisotopic (exact) mass is 363 g/mol. The zero-order valence-electron chi connectivity index (χ0n) is 15.9. The normalized spacial score (nSPS) is 31.2. The number of benzene rings is 2. The zero-order valence-corrected chi connectivity index (χ0v) is 15.9. The van der Waals surface area contributed by atoms with Crippen LogP contribution in [0.3, 0.4) is 0 Å². The Morgan fingerprint density at radius 2 is 1.70 bits per heavy atom. The quantitative estimate of drug-likeness (QED) is 0.804. The predicted octanol–water partition coefficient (Wildman–Crippen LogP) is 4.18. The van der Waals surface area contributed by atoms with Crippen molar-refractivity contribution in [3.8, 4) is 0 Å². The first-order valence-corrected chi connectivity index (χ1v) is 9.80. The summed E-state index contributed by atoms with van der Waals surface area (Å²) in [4.78, 5) is 15.7. The number of amides is 1. The summed E-state index contributed by atoms with van der Waals surface area (Å²) in [7, 11) is 0. The molecule has 1 saturated heterocycles. The van der Waals surface area contributed by atoms with Gasteiger partial charge < -0.3 is 14.4 Å². The van der Waals surface area contributed by atoms with E-state index in [1.54, 1.807) is 0 Å². The van der Waals surface area contributed by atoms with Crippen LogP contribution in [-0.2, 0) is 26.2 Å². The van der Waals surface area contributed by atoms with Crippen LogP contribution in [0.2, 0.25) is 0 Å². The van der Waals surface area contributed by atoms with E-state index in [9.17, 15) is 4.79 Å². The van der Waals surface area contributed by atoms with E-state index in [1.165, 1.54) is 0 Å². The Kier molecular flexibility index (Phi) is 3.72.